The zero-order chi connectivity index (χ0) is 13.1. The third-order valence-electron chi connectivity index (χ3n) is 4.14. The number of benzene rings is 2. The van der Waals surface area contributed by atoms with E-state index >= 15 is 0 Å². The first kappa shape index (κ1) is 12.6. The van der Waals surface area contributed by atoms with E-state index in [1.54, 1.807) is 0 Å². The van der Waals surface area contributed by atoms with Gasteiger partial charge in [-0.05, 0) is 35.6 Å². The molecule has 0 aromatic heterocycles. The van der Waals surface area contributed by atoms with Crippen LogP contribution < -0.4 is 5.32 Å². The second-order valence-electron chi connectivity index (χ2n) is 5.39. The molecule has 2 aromatic rings. The fourth-order valence-corrected chi connectivity index (χ4v) is 2.88. The van der Waals surface area contributed by atoms with E-state index in [9.17, 15) is 0 Å². The molecule has 2 aromatic carbocycles. The number of hydrogen-bond donors (Lipinski definition) is 1. The van der Waals surface area contributed by atoms with E-state index in [2.05, 4.69) is 54.7 Å². The van der Waals surface area contributed by atoms with Gasteiger partial charge in [0.25, 0.3) is 0 Å². The molecular formula is C17H21NO. The maximum Gasteiger partial charge on any atom is 0.0588 e. The van der Waals surface area contributed by atoms with Gasteiger partial charge < -0.3 is 10.1 Å². The SMILES string of the molecule is CC1OCCC1CNCc1cccc2ccccc12. The molecule has 1 heterocycles. The molecule has 3 rings (SSSR count). The Bertz CT molecular complexity index is 546. The Kier molecular flexibility index (Phi) is 3.81. The van der Waals surface area contributed by atoms with E-state index in [1.165, 1.54) is 22.8 Å². The van der Waals surface area contributed by atoms with Crippen LogP contribution in [0, 0.1) is 5.92 Å². The Hall–Kier alpha value is -1.38. The summed E-state index contributed by atoms with van der Waals surface area (Å²) in [6, 6.07) is 15.1. The van der Waals surface area contributed by atoms with Crippen LogP contribution in [0.4, 0.5) is 0 Å². The van der Waals surface area contributed by atoms with Crippen molar-refractivity contribution in [2.24, 2.45) is 5.92 Å². The summed E-state index contributed by atoms with van der Waals surface area (Å²) in [7, 11) is 0. The molecule has 1 aliphatic heterocycles. The molecule has 0 spiro atoms. The van der Waals surface area contributed by atoms with Crippen molar-refractivity contribution in [2.75, 3.05) is 13.2 Å². The number of hydrogen-bond acceptors (Lipinski definition) is 2. The van der Waals surface area contributed by atoms with Crippen LogP contribution in [0.15, 0.2) is 42.5 Å². The summed E-state index contributed by atoms with van der Waals surface area (Å²) >= 11 is 0. The standard InChI is InChI=1S/C17H21NO/c1-13-15(9-10-19-13)11-18-12-16-7-4-6-14-5-2-3-8-17(14)16/h2-8,13,15,18H,9-12H2,1H3. The van der Waals surface area contributed by atoms with Gasteiger partial charge in [0.05, 0.1) is 6.10 Å². The Balaban J connectivity index is 1.65. The molecule has 0 radical (unpaired) electrons. The highest BCUT2D eigenvalue weighted by molar-refractivity contribution is 5.85. The van der Waals surface area contributed by atoms with E-state index in [0.717, 1.165) is 19.7 Å². The molecule has 1 fully saturated rings. The number of nitrogens with one attached hydrogen (secondary N) is 1. The lowest BCUT2D eigenvalue weighted by molar-refractivity contribution is 0.105. The quantitative estimate of drug-likeness (QED) is 0.904. The van der Waals surface area contributed by atoms with Gasteiger partial charge in [-0.15, -0.1) is 0 Å². The van der Waals surface area contributed by atoms with Gasteiger partial charge in [0.1, 0.15) is 0 Å². The minimum Gasteiger partial charge on any atom is -0.378 e. The summed E-state index contributed by atoms with van der Waals surface area (Å²) < 4.78 is 5.60. The Morgan fingerprint density at radius 1 is 1.16 bits per heavy atom. The normalized spacial score (nSPS) is 23.0. The summed E-state index contributed by atoms with van der Waals surface area (Å²) in [5.41, 5.74) is 1.38. The summed E-state index contributed by atoms with van der Waals surface area (Å²) in [6.07, 6.45) is 1.59. The van der Waals surface area contributed by atoms with Crippen molar-refractivity contribution in [3.63, 3.8) is 0 Å². The average Bonchev–Trinajstić information content (AvgIpc) is 2.85. The zero-order valence-electron chi connectivity index (χ0n) is 11.4. The molecule has 1 N–H and O–H groups in total. The maximum atomic E-state index is 5.60. The molecule has 100 valence electrons. The van der Waals surface area contributed by atoms with Gasteiger partial charge in [0, 0.05) is 19.7 Å². The molecule has 0 saturated carbocycles. The Morgan fingerprint density at radius 2 is 2.00 bits per heavy atom. The Morgan fingerprint density at radius 3 is 2.84 bits per heavy atom. The van der Waals surface area contributed by atoms with E-state index in [0.29, 0.717) is 12.0 Å². The van der Waals surface area contributed by atoms with Gasteiger partial charge in [-0.1, -0.05) is 42.5 Å². The van der Waals surface area contributed by atoms with E-state index < -0.39 is 0 Å². The lowest BCUT2D eigenvalue weighted by Crippen LogP contribution is -2.26. The van der Waals surface area contributed by atoms with Crippen molar-refractivity contribution in [3.05, 3.63) is 48.0 Å². The first-order valence-corrected chi connectivity index (χ1v) is 7.13. The number of ether oxygens (including phenoxy) is 1. The highest BCUT2D eigenvalue weighted by atomic mass is 16.5. The van der Waals surface area contributed by atoms with Gasteiger partial charge in [-0.25, -0.2) is 0 Å². The van der Waals surface area contributed by atoms with E-state index in [-0.39, 0.29) is 0 Å². The van der Waals surface area contributed by atoms with Crippen LogP contribution in [0.1, 0.15) is 18.9 Å². The molecular weight excluding hydrogens is 234 g/mol. The van der Waals surface area contributed by atoms with Crippen molar-refractivity contribution < 1.29 is 4.74 Å². The predicted octanol–water partition coefficient (Wildman–Crippen LogP) is 3.35. The summed E-state index contributed by atoms with van der Waals surface area (Å²) in [5, 5.41) is 6.26. The monoisotopic (exact) mass is 255 g/mol. The van der Waals surface area contributed by atoms with Crippen LogP contribution in [-0.2, 0) is 11.3 Å². The number of fused-ring (bicyclic) bond motifs is 1. The maximum absolute atomic E-state index is 5.60. The van der Waals surface area contributed by atoms with Gasteiger partial charge in [0.15, 0.2) is 0 Å². The fourth-order valence-electron chi connectivity index (χ4n) is 2.88. The molecule has 1 saturated heterocycles. The molecule has 0 bridgehead atoms. The van der Waals surface area contributed by atoms with Crippen LogP contribution in [0.25, 0.3) is 10.8 Å². The van der Waals surface area contributed by atoms with E-state index in [4.69, 9.17) is 4.74 Å². The van der Waals surface area contributed by atoms with Crippen LogP contribution >= 0.6 is 0 Å². The minimum absolute atomic E-state index is 0.403. The minimum atomic E-state index is 0.403. The molecule has 0 aliphatic carbocycles. The smallest absolute Gasteiger partial charge is 0.0588 e. The van der Waals surface area contributed by atoms with Crippen LogP contribution in [0.3, 0.4) is 0 Å². The first-order valence-electron chi connectivity index (χ1n) is 7.13. The largest absolute Gasteiger partial charge is 0.378 e. The summed E-state index contributed by atoms with van der Waals surface area (Å²) in [5.74, 6) is 0.662. The molecule has 1 aliphatic rings. The summed E-state index contributed by atoms with van der Waals surface area (Å²) in [4.78, 5) is 0. The molecule has 19 heavy (non-hydrogen) atoms. The first-order chi connectivity index (χ1) is 9.34. The third-order valence-corrected chi connectivity index (χ3v) is 4.14. The molecule has 2 unspecified atom stereocenters. The predicted molar refractivity (Wildman–Crippen MR) is 79.2 cm³/mol. The lowest BCUT2D eigenvalue weighted by atomic mass is 10.0. The highest BCUT2D eigenvalue weighted by Crippen LogP contribution is 2.21. The topological polar surface area (TPSA) is 21.3 Å². The number of rotatable bonds is 4. The molecule has 0 amide bonds. The Labute approximate surface area is 114 Å². The highest BCUT2D eigenvalue weighted by Gasteiger charge is 2.23. The van der Waals surface area contributed by atoms with Crippen LogP contribution in [-0.4, -0.2) is 19.3 Å². The molecule has 2 nitrogen and oxygen atoms in total. The van der Waals surface area contributed by atoms with Crippen molar-refractivity contribution in [1.82, 2.24) is 5.32 Å². The lowest BCUT2D eigenvalue weighted by Gasteiger charge is -2.15. The van der Waals surface area contributed by atoms with Gasteiger partial charge in [-0.2, -0.15) is 0 Å². The summed E-state index contributed by atoms with van der Waals surface area (Å²) in [6.45, 7) is 5.08. The second-order valence-corrected chi connectivity index (χ2v) is 5.39. The van der Waals surface area contributed by atoms with Gasteiger partial charge in [0.2, 0.25) is 0 Å². The third kappa shape index (κ3) is 2.80. The average molecular weight is 255 g/mol. The van der Waals surface area contributed by atoms with Crippen molar-refractivity contribution in [2.45, 2.75) is 26.0 Å². The zero-order valence-corrected chi connectivity index (χ0v) is 11.4. The molecule has 2 atom stereocenters. The van der Waals surface area contributed by atoms with E-state index in [1.807, 2.05) is 0 Å². The van der Waals surface area contributed by atoms with Crippen LogP contribution in [0.5, 0.6) is 0 Å². The van der Waals surface area contributed by atoms with Crippen molar-refractivity contribution in [1.29, 1.82) is 0 Å². The van der Waals surface area contributed by atoms with Gasteiger partial charge >= 0.3 is 0 Å². The second kappa shape index (κ2) is 5.72. The van der Waals surface area contributed by atoms with Crippen molar-refractivity contribution in [3.8, 4) is 0 Å². The van der Waals surface area contributed by atoms with Crippen LogP contribution in [0.2, 0.25) is 0 Å². The molecule has 2 heteroatoms. The van der Waals surface area contributed by atoms with Gasteiger partial charge in [-0.3, -0.25) is 0 Å². The van der Waals surface area contributed by atoms with Crippen molar-refractivity contribution >= 4 is 10.8 Å². The fraction of sp³-hybridized carbons (Fsp3) is 0.412.